The van der Waals surface area contributed by atoms with Crippen LogP contribution in [-0.4, -0.2) is 48.8 Å². The molecule has 0 saturated carbocycles. The van der Waals surface area contributed by atoms with Crippen molar-refractivity contribution >= 4 is 23.2 Å². The summed E-state index contributed by atoms with van der Waals surface area (Å²) in [7, 11) is 0. The van der Waals surface area contributed by atoms with Crippen LogP contribution in [0.3, 0.4) is 0 Å². The normalized spacial score (nSPS) is 23.9. The van der Waals surface area contributed by atoms with Crippen LogP contribution in [-0.2, 0) is 41.8 Å². The Morgan fingerprint density at radius 2 is 0.848 bits per heavy atom. The van der Waals surface area contributed by atoms with Crippen LogP contribution in [0, 0.1) is 23.5 Å². The van der Waals surface area contributed by atoms with E-state index in [9.17, 15) is 18.4 Å². The number of anilines is 2. The van der Waals surface area contributed by atoms with E-state index in [1.807, 2.05) is 137 Å². The monoisotopic (exact) mass is 894 g/mol. The maximum Gasteiger partial charge on any atom is 0.235 e. The van der Waals surface area contributed by atoms with E-state index in [0.717, 1.165) is 33.8 Å². The number of halogens is 2. The van der Waals surface area contributed by atoms with Gasteiger partial charge in [-0.15, -0.1) is 0 Å². The topological polar surface area (TPSA) is 96.0 Å². The average molecular weight is 895 g/mol. The molecule has 0 aliphatic carbocycles. The number of carbonyl (C=O) groups excluding carboxylic acids is 2. The molecule has 6 aromatic rings. The lowest BCUT2D eigenvalue weighted by Gasteiger charge is -2.49. The van der Waals surface area contributed by atoms with Crippen molar-refractivity contribution in [2.75, 3.05) is 23.0 Å². The number of hydrogen-bond donors (Lipinski definition) is 0. The summed E-state index contributed by atoms with van der Waals surface area (Å²) < 4.78 is 62.3. The molecule has 340 valence electrons. The summed E-state index contributed by atoms with van der Waals surface area (Å²) in [6.07, 6.45) is -0.689. The van der Waals surface area contributed by atoms with E-state index in [-0.39, 0.29) is 59.6 Å². The predicted octanol–water partition coefficient (Wildman–Crippen LogP) is 10.5. The summed E-state index contributed by atoms with van der Waals surface area (Å²) >= 11 is 0. The van der Waals surface area contributed by atoms with Gasteiger partial charge in [-0.1, -0.05) is 84.9 Å². The smallest absolute Gasteiger partial charge is 0.235 e. The molecule has 0 spiro atoms. The van der Waals surface area contributed by atoms with Crippen molar-refractivity contribution in [3.05, 3.63) is 192 Å². The van der Waals surface area contributed by atoms with Gasteiger partial charge >= 0.3 is 0 Å². The first-order valence-electron chi connectivity index (χ1n) is 22.2. The second-order valence-electron chi connectivity index (χ2n) is 17.7. The first kappa shape index (κ1) is 44.7. The van der Waals surface area contributed by atoms with Gasteiger partial charge in [-0.3, -0.25) is 9.59 Å². The minimum atomic E-state index is -0.721. The van der Waals surface area contributed by atoms with Crippen LogP contribution < -0.4 is 19.3 Å². The molecule has 10 rings (SSSR count). The summed E-state index contributed by atoms with van der Waals surface area (Å²) in [5.41, 5.74) is 5.42. The molecule has 0 bridgehead atoms. The van der Waals surface area contributed by atoms with Crippen LogP contribution >= 0.6 is 0 Å². The third-order valence-corrected chi connectivity index (χ3v) is 12.3. The number of amides is 2. The number of carbonyl (C=O) groups is 2. The molecule has 0 aromatic heterocycles. The second kappa shape index (κ2) is 18.8. The summed E-state index contributed by atoms with van der Waals surface area (Å²) in [4.78, 5) is 29.9. The predicted molar refractivity (Wildman–Crippen MR) is 244 cm³/mol. The molecule has 66 heavy (non-hydrogen) atoms. The fourth-order valence-corrected chi connectivity index (χ4v) is 9.03. The van der Waals surface area contributed by atoms with Gasteiger partial charge in [-0.2, -0.15) is 0 Å². The molecule has 4 aliphatic rings. The van der Waals surface area contributed by atoms with E-state index in [1.165, 1.54) is 24.3 Å². The summed E-state index contributed by atoms with van der Waals surface area (Å²) in [5, 5.41) is 0. The van der Waals surface area contributed by atoms with E-state index in [1.54, 1.807) is 34.1 Å². The van der Waals surface area contributed by atoms with Crippen LogP contribution in [0.15, 0.2) is 158 Å². The molecular formula is C54H52F2N2O8. The van der Waals surface area contributed by atoms with Gasteiger partial charge in [0.15, 0.2) is 11.6 Å². The second-order valence-corrected chi connectivity index (χ2v) is 17.7. The number of benzene rings is 6. The Labute approximate surface area is 383 Å². The van der Waals surface area contributed by atoms with Crippen molar-refractivity contribution in [1.82, 2.24) is 0 Å². The Bertz CT molecular complexity index is 2410. The lowest BCUT2D eigenvalue weighted by molar-refractivity contribution is -0.158. The highest BCUT2D eigenvalue weighted by Crippen LogP contribution is 2.49. The zero-order valence-electron chi connectivity index (χ0n) is 37.2. The van der Waals surface area contributed by atoms with Crippen LogP contribution in [0.1, 0.15) is 62.0 Å². The molecule has 12 heteroatoms. The highest BCUT2D eigenvalue weighted by atomic mass is 19.1. The largest absolute Gasteiger partial charge is 0.489 e. The van der Waals surface area contributed by atoms with Crippen molar-refractivity contribution in [3.63, 3.8) is 0 Å². The Hall–Kier alpha value is -6.44. The van der Waals surface area contributed by atoms with E-state index in [2.05, 4.69) is 0 Å². The molecule has 6 aromatic carbocycles. The van der Waals surface area contributed by atoms with Crippen LogP contribution in [0.25, 0.3) is 0 Å². The minimum Gasteiger partial charge on any atom is -0.489 e. The van der Waals surface area contributed by atoms with Crippen molar-refractivity contribution in [2.24, 2.45) is 11.8 Å². The van der Waals surface area contributed by atoms with E-state index >= 15 is 0 Å². The number of β-lactam (4-membered cyclic amide) rings is 2. The molecule has 4 aliphatic heterocycles. The zero-order valence-corrected chi connectivity index (χ0v) is 37.2. The Morgan fingerprint density at radius 1 is 0.500 bits per heavy atom. The van der Waals surface area contributed by atoms with Gasteiger partial charge in [0.2, 0.25) is 11.8 Å². The van der Waals surface area contributed by atoms with Gasteiger partial charge in [0, 0.05) is 11.4 Å². The van der Waals surface area contributed by atoms with E-state index < -0.39 is 11.6 Å². The zero-order chi connectivity index (χ0) is 46.0. The van der Waals surface area contributed by atoms with Crippen molar-refractivity contribution in [3.8, 4) is 11.5 Å². The minimum absolute atomic E-state index is 0.0534. The Kier molecular flexibility index (Phi) is 12.8. The van der Waals surface area contributed by atoms with Crippen LogP contribution in [0.2, 0.25) is 0 Å². The number of hydrogen-bond acceptors (Lipinski definition) is 8. The first-order chi connectivity index (χ1) is 31.8. The number of nitrogens with zero attached hydrogens (tertiary/aromatic N) is 2. The quantitative estimate of drug-likeness (QED) is 0.112. The molecule has 10 nitrogen and oxygen atoms in total. The molecule has 4 heterocycles. The van der Waals surface area contributed by atoms with Gasteiger partial charge in [-0.05, 0) is 123 Å². The maximum absolute atomic E-state index is 13.5. The highest BCUT2D eigenvalue weighted by Gasteiger charge is 2.57. The molecular weight excluding hydrogens is 843 g/mol. The standard InChI is InChI=1S/2C27H26FNO4/c2*1-27(2)32-17-23(33-27)24-25(29(26(24)30)21-12-10-20(28)11-13-21)19-8-14-22(15-9-19)31-16-18-6-4-3-5-7-18/h2*3-15,23-25H,16-17H2,1-2H3/t2*23-,24-,25+/m00/s1. The van der Waals surface area contributed by atoms with Gasteiger partial charge < -0.3 is 38.2 Å². The van der Waals surface area contributed by atoms with Gasteiger partial charge in [0.25, 0.3) is 0 Å². The Morgan fingerprint density at radius 3 is 1.17 bits per heavy atom. The molecule has 2 amide bonds. The summed E-state index contributed by atoms with van der Waals surface area (Å²) in [6.45, 7) is 9.07. The van der Waals surface area contributed by atoms with E-state index in [4.69, 9.17) is 28.4 Å². The van der Waals surface area contributed by atoms with E-state index in [0.29, 0.717) is 37.8 Å². The van der Waals surface area contributed by atoms with Gasteiger partial charge in [0.05, 0.1) is 49.3 Å². The van der Waals surface area contributed by atoms with Crippen LogP contribution in [0.5, 0.6) is 11.5 Å². The SMILES string of the molecule is CC1(C)OC[C@@H]([C@@H]2C(=O)N(c3ccc(F)cc3)[C@@H]2c2ccc(OCc3ccccc3)cc2)O1.CC1(C)OC[C@@H]([C@@H]2C(=O)N(c3ccc(F)cc3)[C@@H]2c2ccc(OCc3ccccc3)cc2)O1. The summed E-state index contributed by atoms with van der Waals surface area (Å²) in [6, 6.07) is 47.0. The van der Waals surface area contributed by atoms with Gasteiger partial charge in [-0.25, -0.2) is 8.78 Å². The molecule has 6 atom stereocenters. The van der Waals surface area contributed by atoms with Crippen LogP contribution in [0.4, 0.5) is 20.2 Å². The Balaban J connectivity index is 0.000000166. The number of ether oxygens (including phenoxy) is 6. The number of rotatable bonds is 12. The van der Waals surface area contributed by atoms with Gasteiger partial charge in [0.1, 0.15) is 36.3 Å². The molecule has 0 N–H and O–H groups in total. The molecule has 0 radical (unpaired) electrons. The average Bonchev–Trinajstić information content (AvgIpc) is 3.87. The summed E-state index contributed by atoms with van der Waals surface area (Å²) in [5.74, 6) is -1.49. The molecule has 4 fully saturated rings. The van der Waals surface area contributed by atoms with Crippen molar-refractivity contribution in [2.45, 2.75) is 76.8 Å². The molecule has 0 unspecified atom stereocenters. The third-order valence-electron chi connectivity index (χ3n) is 12.3. The van der Waals surface area contributed by atoms with Crippen molar-refractivity contribution in [1.29, 1.82) is 0 Å². The fourth-order valence-electron chi connectivity index (χ4n) is 9.03. The maximum atomic E-state index is 13.5. The molecule has 4 saturated heterocycles. The highest BCUT2D eigenvalue weighted by molar-refractivity contribution is 6.04. The fraction of sp³-hybridized carbons (Fsp3) is 0.296. The first-order valence-corrected chi connectivity index (χ1v) is 22.2. The lowest BCUT2D eigenvalue weighted by Crippen LogP contribution is -2.60. The van der Waals surface area contributed by atoms with Crippen molar-refractivity contribution < 1.29 is 46.8 Å². The third kappa shape index (κ3) is 9.73. The lowest BCUT2D eigenvalue weighted by atomic mass is 9.78.